The zero-order valence-electron chi connectivity index (χ0n) is 10.7. The van der Waals surface area contributed by atoms with Gasteiger partial charge in [0.15, 0.2) is 0 Å². The van der Waals surface area contributed by atoms with E-state index in [2.05, 4.69) is 0 Å². The van der Waals surface area contributed by atoms with Crippen LogP contribution in [0.2, 0.25) is 5.02 Å². The van der Waals surface area contributed by atoms with Crippen molar-refractivity contribution in [2.24, 2.45) is 0 Å². The first-order valence-corrected chi connectivity index (χ1v) is 6.64. The van der Waals surface area contributed by atoms with Gasteiger partial charge >= 0.3 is 0 Å². The normalized spacial score (nSPS) is 14.1. The van der Waals surface area contributed by atoms with Gasteiger partial charge in [-0.25, -0.2) is 4.39 Å². The van der Waals surface area contributed by atoms with Crippen LogP contribution in [-0.2, 0) is 12.0 Å². The second kappa shape index (κ2) is 5.72. The molecule has 19 heavy (non-hydrogen) atoms. The molecular weight excluding hydrogens is 263 g/mol. The van der Waals surface area contributed by atoms with E-state index in [-0.39, 0.29) is 5.82 Å². The topological polar surface area (TPSA) is 20.2 Å². The fourth-order valence-electron chi connectivity index (χ4n) is 2.15. The van der Waals surface area contributed by atoms with Crippen molar-refractivity contribution in [1.82, 2.24) is 0 Å². The summed E-state index contributed by atoms with van der Waals surface area (Å²) in [4.78, 5) is 0. The average Bonchev–Trinajstić information content (AvgIpc) is 2.41. The van der Waals surface area contributed by atoms with Gasteiger partial charge in [0, 0.05) is 11.4 Å². The molecule has 0 saturated heterocycles. The standard InChI is InChI=1S/C16H16ClFO/c1-2-16(19,13-4-3-5-15(18)10-13)11-12-6-8-14(17)9-7-12/h3-10,19H,2,11H2,1H3. The Hall–Kier alpha value is -1.38. The first kappa shape index (κ1) is 14.0. The van der Waals surface area contributed by atoms with E-state index in [4.69, 9.17) is 11.6 Å². The molecule has 2 aromatic carbocycles. The van der Waals surface area contributed by atoms with Crippen molar-refractivity contribution in [3.05, 3.63) is 70.5 Å². The molecule has 3 heteroatoms. The highest BCUT2D eigenvalue weighted by molar-refractivity contribution is 6.30. The van der Waals surface area contributed by atoms with Crippen molar-refractivity contribution in [3.63, 3.8) is 0 Å². The van der Waals surface area contributed by atoms with Gasteiger partial charge in [-0.2, -0.15) is 0 Å². The molecular formula is C16H16ClFO. The third-order valence-electron chi connectivity index (χ3n) is 3.36. The fourth-order valence-corrected chi connectivity index (χ4v) is 2.28. The average molecular weight is 279 g/mol. The van der Waals surface area contributed by atoms with E-state index in [0.29, 0.717) is 23.4 Å². The van der Waals surface area contributed by atoms with Crippen LogP contribution in [0.3, 0.4) is 0 Å². The second-order valence-corrected chi connectivity index (χ2v) is 5.14. The summed E-state index contributed by atoms with van der Waals surface area (Å²) in [7, 11) is 0. The van der Waals surface area contributed by atoms with E-state index in [1.165, 1.54) is 12.1 Å². The maximum atomic E-state index is 13.3. The number of rotatable bonds is 4. The van der Waals surface area contributed by atoms with Crippen LogP contribution in [0, 0.1) is 5.82 Å². The lowest BCUT2D eigenvalue weighted by Gasteiger charge is -2.27. The van der Waals surface area contributed by atoms with Gasteiger partial charge in [0.2, 0.25) is 0 Å². The van der Waals surface area contributed by atoms with Crippen LogP contribution < -0.4 is 0 Å². The molecule has 0 aromatic heterocycles. The van der Waals surface area contributed by atoms with Crippen molar-refractivity contribution < 1.29 is 9.50 Å². The molecule has 0 aliphatic rings. The summed E-state index contributed by atoms with van der Waals surface area (Å²) in [6, 6.07) is 13.5. The fraction of sp³-hybridized carbons (Fsp3) is 0.250. The molecule has 1 unspecified atom stereocenters. The lowest BCUT2D eigenvalue weighted by molar-refractivity contribution is 0.0324. The summed E-state index contributed by atoms with van der Waals surface area (Å²) in [5.41, 5.74) is 0.513. The third kappa shape index (κ3) is 3.34. The maximum Gasteiger partial charge on any atom is 0.123 e. The molecule has 0 aliphatic heterocycles. The highest BCUT2D eigenvalue weighted by Gasteiger charge is 2.27. The summed E-state index contributed by atoms with van der Waals surface area (Å²) in [6.07, 6.45) is 0.948. The van der Waals surface area contributed by atoms with E-state index in [1.54, 1.807) is 24.3 Å². The lowest BCUT2D eigenvalue weighted by atomic mass is 9.85. The second-order valence-electron chi connectivity index (χ2n) is 4.70. The van der Waals surface area contributed by atoms with Crippen LogP contribution in [0.25, 0.3) is 0 Å². The zero-order valence-corrected chi connectivity index (χ0v) is 11.5. The first-order chi connectivity index (χ1) is 9.03. The molecule has 0 amide bonds. The summed E-state index contributed by atoms with van der Waals surface area (Å²) < 4.78 is 13.3. The Morgan fingerprint density at radius 1 is 1.16 bits per heavy atom. The van der Waals surface area contributed by atoms with Crippen LogP contribution in [0.4, 0.5) is 4.39 Å². The molecule has 0 fully saturated rings. The van der Waals surface area contributed by atoms with Gasteiger partial charge in [0.25, 0.3) is 0 Å². The van der Waals surface area contributed by atoms with Gasteiger partial charge in [0.1, 0.15) is 5.82 Å². The van der Waals surface area contributed by atoms with Crippen LogP contribution in [0.5, 0.6) is 0 Å². The van der Waals surface area contributed by atoms with Crippen molar-refractivity contribution in [3.8, 4) is 0 Å². The quantitative estimate of drug-likeness (QED) is 0.883. The summed E-state index contributed by atoms with van der Waals surface area (Å²) in [6.45, 7) is 1.89. The number of halogens is 2. The Morgan fingerprint density at radius 2 is 1.84 bits per heavy atom. The monoisotopic (exact) mass is 278 g/mol. The van der Waals surface area contributed by atoms with Gasteiger partial charge in [0.05, 0.1) is 5.60 Å². The molecule has 100 valence electrons. The number of hydrogen-bond donors (Lipinski definition) is 1. The van der Waals surface area contributed by atoms with E-state index in [0.717, 1.165) is 5.56 Å². The number of aliphatic hydroxyl groups is 1. The highest BCUT2D eigenvalue weighted by Crippen LogP contribution is 2.30. The molecule has 1 N–H and O–H groups in total. The smallest absolute Gasteiger partial charge is 0.123 e. The number of hydrogen-bond acceptors (Lipinski definition) is 1. The van der Waals surface area contributed by atoms with Gasteiger partial charge in [-0.15, -0.1) is 0 Å². The Morgan fingerprint density at radius 3 is 2.42 bits per heavy atom. The first-order valence-electron chi connectivity index (χ1n) is 6.26. The van der Waals surface area contributed by atoms with E-state index >= 15 is 0 Å². The van der Waals surface area contributed by atoms with Crippen molar-refractivity contribution in [2.75, 3.05) is 0 Å². The van der Waals surface area contributed by atoms with Gasteiger partial charge in [-0.3, -0.25) is 0 Å². The Kier molecular flexibility index (Phi) is 4.23. The minimum Gasteiger partial charge on any atom is -0.385 e. The molecule has 2 aromatic rings. The van der Waals surface area contributed by atoms with Crippen molar-refractivity contribution in [1.29, 1.82) is 0 Å². The van der Waals surface area contributed by atoms with E-state index in [1.807, 2.05) is 19.1 Å². The highest BCUT2D eigenvalue weighted by atomic mass is 35.5. The summed E-state index contributed by atoms with van der Waals surface area (Å²) >= 11 is 5.84. The zero-order chi connectivity index (χ0) is 13.9. The van der Waals surface area contributed by atoms with Crippen LogP contribution in [-0.4, -0.2) is 5.11 Å². The summed E-state index contributed by atoms with van der Waals surface area (Å²) in [5, 5.41) is 11.4. The van der Waals surface area contributed by atoms with E-state index in [9.17, 15) is 9.50 Å². The largest absolute Gasteiger partial charge is 0.385 e. The molecule has 0 radical (unpaired) electrons. The molecule has 0 heterocycles. The van der Waals surface area contributed by atoms with Gasteiger partial charge in [-0.05, 0) is 41.8 Å². The number of benzene rings is 2. The minimum absolute atomic E-state index is 0.333. The van der Waals surface area contributed by atoms with Crippen LogP contribution in [0.1, 0.15) is 24.5 Å². The van der Waals surface area contributed by atoms with Crippen LogP contribution >= 0.6 is 11.6 Å². The van der Waals surface area contributed by atoms with Crippen LogP contribution in [0.15, 0.2) is 48.5 Å². The van der Waals surface area contributed by atoms with Crippen molar-refractivity contribution in [2.45, 2.75) is 25.4 Å². The maximum absolute atomic E-state index is 13.3. The van der Waals surface area contributed by atoms with E-state index < -0.39 is 5.60 Å². The Balaban J connectivity index is 2.30. The summed E-state index contributed by atoms with van der Waals surface area (Å²) in [5.74, 6) is -0.333. The van der Waals surface area contributed by atoms with Gasteiger partial charge < -0.3 is 5.11 Å². The minimum atomic E-state index is -1.06. The molecule has 0 spiro atoms. The predicted octanol–water partition coefficient (Wildman–Crippen LogP) is 4.32. The molecule has 1 atom stereocenters. The molecule has 2 rings (SSSR count). The van der Waals surface area contributed by atoms with Crippen molar-refractivity contribution >= 4 is 11.6 Å². The third-order valence-corrected chi connectivity index (χ3v) is 3.61. The Bertz CT molecular complexity index is 553. The molecule has 0 aliphatic carbocycles. The molecule has 1 nitrogen and oxygen atoms in total. The molecule has 0 bridgehead atoms. The SMILES string of the molecule is CCC(O)(Cc1ccc(Cl)cc1)c1cccc(F)c1. The van der Waals surface area contributed by atoms with Gasteiger partial charge in [-0.1, -0.05) is 42.8 Å². The predicted molar refractivity (Wildman–Crippen MR) is 75.7 cm³/mol. The lowest BCUT2D eigenvalue weighted by Crippen LogP contribution is -2.27. The Labute approximate surface area is 117 Å². The molecule has 0 saturated carbocycles.